The second kappa shape index (κ2) is 7.17. The van der Waals surface area contributed by atoms with Crippen LogP contribution in [0.1, 0.15) is 50.5 Å². The summed E-state index contributed by atoms with van der Waals surface area (Å²) in [5.41, 5.74) is 1.26. The van der Waals surface area contributed by atoms with E-state index in [4.69, 9.17) is 0 Å². The van der Waals surface area contributed by atoms with E-state index in [0.717, 1.165) is 12.8 Å². The van der Waals surface area contributed by atoms with E-state index in [0.29, 0.717) is 18.5 Å². The third-order valence-corrected chi connectivity index (χ3v) is 3.88. The quantitative estimate of drug-likeness (QED) is 0.855. The Bertz CT molecular complexity index is 385. The lowest BCUT2D eigenvalue weighted by Crippen LogP contribution is -2.43. The van der Waals surface area contributed by atoms with Gasteiger partial charge in [0, 0.05) is 12.6 Å². The largest absolute Gasteiger partial charge is 0.338 e. The third-order valence-electron chi connectivity index (χ3n) is 3.88. The molecule has 1 fully saturated rings. The zero-order valence-corrected chi connectivity index (χ0v) is 11.7. The first-order valence-corrected chi connectivity index (χ1v) is 7.35. The van der Waals surface area contributed by atoms with Gasteiger partial charge in [-0.05, 0) is 24.3 Å². The summed E-state index contributed by atoms with van der Waals surface area (Å²) >= 11 is 0. The van der Waals surface area contributed by atoms with Gasteiger partial charge in [0.25, 0.3) is 0 Å². The molecule has 1 aliphatic rings. The van der Waals surface area contributed by atoms with Gasteiger partial charge in [-0.1, -0.05) is 56.5 Å². The van der Waals surface area contributed by atoms with Crippen LogP contribution in [0.5, 0.6) is 0 Å². The van der Waals surface area contributed by atoms with Crippen molar-refractivity contribution >= 4 is 6.03 Å². The molecule has 0 heterocycles. The molecule has 1 atom stereocenters. The van der Waals surface area contributed by atoms with Crippen LogP contribution in [0, 0.1) is 0 Å². The standard InChI is InChI=1S/C16H24N2O/c1-13(14-8-4-2-5-9-14)12-17-16(19)18-15-10-6-3-7-11-15/h2,4-5,8-9,13,15H,3,6-7,10-12H2,1H3,(H2,17,18,19). The summed E-state index contributed by atoms with van der Waals surface area (Å²) in [6.07, 6.45) is 6.05. The van der Waals surface area contributed by atoms with Crippen LogP contribution in [0.2, 0.25) is 0 Å². The highest BCUT2D eigenvalue weighted by atomic mass is 16.2. The average Bonchev–Trinajstić information content (AvgIpc) is 2.47. The van der Waals surface area contributed by atoms with Crippen molar-refractivity contribution in [3.05, 3.63) is 35.9 Å². The van der Waals surface area contributed by atoms with E-state index in [1.165, 1.54) is 24.8 Å². The molecule has 19 heavy (non-hydrogen) atoms. The van der Waals surface area contributed by atoms with Crippen LogP contribution < -0.4 is 10.6 Å². The summed E-state index contributed by atoms with van der Waals surface area (Å²) < 4.78 is 0. The number of carbonyl (C=O) groups excluding carboxylic acids is 1. The SMILES string of the molecule is CC(CNC(=O)NC1CCCCC1)c1ccccc1. The minimum absolute atomic E-state index is 0.0188. The molecule has 104 valence electrons. The van der Waals surface area contributed by atoms with Crippen LogP contribution in [0.25, 0.3) is 0 Å². The monoisotopic (exact) mass is 260 g/mol. The number of carbonyl (C=O) groups is 1. The molecule has 0 radical (unpaired) electrons. The Morgan fingerprint density at radius 1 is 1.21 bits per heavy atom. The first-order valence-electron chi connectivity index (χ1n) is 7.35. The van der Waals surface area contributed by atoms with Crippen molar-refractivity contribution in [3.63, 3.8) is 0 Å². The summed E-state index contributed by atoms with van der Waals surface area (Å²) in [7, 11) is 0. The van der Waals surface area contributed by atoms with Crippen molar-refractivity contribution in [1.82, 2.24) is 10.6 Å². The predicted octanol–water partition coefficient (Wildman–Crippen LogP) is 3.42. The van der Waals surface area contributed by atoms with Gasteiger partial charge in [-0.2, -0.15) is 0 Å². The molecule has 0 aromatic heterocycles. The van der Waals surface area contributed by atoms with Gasteiger partial charge in [-0.25, -0.2) is 4.79 Å². The van der Waals surface area contributed by atoms with Gasteiger partial charge < -0.3 is 10.6 Å². The van der Waals surface area contributed by atoms with Crippen molar-refractivity contribution in [2.45, 2.75) is 51.0 Å². The Labute approximate surface area is 115 Å². The smallest absolute Gasteiger partial charge is 0.315 e. The molecule has 3 nitrogen and oxygen atoms in total. The lowest BCUT2D eigenvalue weighted by Gasteiger charge is -2.23. The number of hydrogen-bond acceptors (Lipinski definition) is 1. The molecule has 2 amide bonds. The number of nitrogens with one attached hydrogen (secondary N) is 2. The average molecular weight is 260 g/mol. The van der Waals surface area contributed by atoms with E-state index in [1.54, 1.807) is 0 Å². The van der Waals surface area contributed by atoms with Crippen molar-refractivity contribution < 1.29 is 4.79 Å². The van der Waals surface area contributed by atoms with E-state index >= 15 is 0 Å². The van der Waals surface area contributed by atoms with E-state index in [1.807, 2.05) is 18.2 Å². The highest BCUT2D eigenvalue weighted by Crippen LogP contribution is 2.17. The molecule has 1 aromatic carbocycles. The Morgan fingerprint density at radius 2 is 1.89 bits per heavy atom. The van der Waals surface area contributed by atoms with Crippen LogP contribution in [0.3, 0.4) is 0 Å². The zero-order chi connectivity index (χ0) is 13.5. The van der Waals surface area contributed by atoms with Crippen molar-refractivity contribution in [3.8, 4) is 0 Å². The van der Waals surface area contributed by atoms with E-state index in [9.17, 15) is 4.79 Å². The number of amides is 2. The number of benzene rings is 1. The maximum atomic E-state index is 11.8. The van der Waals surface area contributed by atoms with Crippen LogP contribution in [-0.4, -0.2) is 18.6 Å². The van der Waals surface area contributed by atoms with E-state index in [2.05, 4.69) is 29.7 Å². The molecule has 1 aliphatic carbocycles. The molecule has 0 aliphatic heterocycles. The minimum Gasteiger partial charge on any atom is -0.338 e. The summed E-state index contributed by atoms with van der Waals surface area (Å²) in [6.45, 7) is 2.82. The normalized spacial score (nSPS) is 17.7. The molecule has 1 aromatic rings. The Morgan fingerprint density at radius 3 is 2.58 bits per heavy atom. The first kappa shape index (κ1) is 13.9. The maximum Gasteiger partial charge on any atom is 0.315 e. The Balaban J connectivity index is 1.71. The minimum atomic E-state index is -0.0188. The lowest BCUT2D eigenvalue weighted by molar-refractivity contribution is 0.232. The van der Waals surface area contributed by atoms with E-state index < -0.39 is 0 Å². The molecule has 0 bridgehead atoms. The van der Waals surface area contributed by atoms with Crippen LogP contribution in [0.15, 0.2) is 30.3 Å². The second-order valence-corrected chi connectivity index (χ2v) is 5.50. The number of urea groups is 1. The predicted molar refractivity (Wildman–Crippen MR) is 78.3 cm³/mol. The molecule has 0 spiro atoms. The second-order valence-electron chi connectivity index (χ2n) is 5.50. The van der Waals surface area contributed by atoms with Gasteiger partial charge in [0.2, 0.25) is 0 Å². The molecule has 2 rings (SSSR count). The molecular formula is C16H24N2O. The van der Waals surface area contributed by atoms with Crippen molar-refractivity contribution in [2.24, 2.45) is 0 Å². The van der Waals surface area contributed by atoms with Gasteiger partial charge in [-0.3, -0.25) is 0 Å². The maximum absolute atomic E-state index is 11.8. The fraction of sp³-hybridized carbons (Fsp3) is 0.562. The zero-order valence-electron chi connectivity index (χ0n) is 11.7. The van der Waals surface area contributed by atoms with E-state index in [-0.39, 0.29) is 6.03 Å². The fourth-order valence-electron chi connectivity index (χ4n) is 2.63. The highest BCUT2D eigenvalue weighted by Gasteiger charge is 2.15. The number of rotatable bonds is 4. The molecule has 3 heteroatoms. The number of hydrogen-bond donors (Lipinski definition) is 2. The molecular weight excluding hydrogens is 236 g/mol. The summed E-state index contributed by atoms with van der Waals surface area (Å²) in [5, 5.41) is 6.05. The summed E-state index contributed by atoms with van der Waals surface area (Å²) in [4.78, 5) is 11.8. The van der Waals surface area contributed by atoms with Crippen LogP contribution in [0.4, 0.5) is 4.79 Å². The highest BCUT2D eigenvalue weighted by molar-refractivity contribution is 5.74. The van der Waals surface area contributed by atoms with Gasteiger partial charge >= 0.3 is 6.03 Å². The lowest BCUT2D eigenvalue weighted by atomic mass is 9.96. The van der Waals surface area contributed by atoms with Gasteiger partial charge in [-0.15, -0.1) is 0 Å². The topological polar surface area (TPSA) is 41.1 Å². The summed E-state index contributed by atoms with van der Waals surface area (Å²) in [6, 6.07) is 10.6. The molecule has 1 saturated carbocycles. The molecule has 0 saturated heterocycles. The summed E-state index contributed by atoms with van der Waals surface area (Å²) in [5.74, 6) is 0.346. The van der Waals surface area contributed by atoms with Crippen molar-refractivity contribution in [1.29, 1.82) is 0 Å². The van der Waals surface area contributed by atoms with Crippen molar-refractivity contribution in [2.75, 3.05) is 6.54 Å². The Kier molecular flexibility index (Phi) is 5.25. The van der Waals surface area contributed by atoms with Crippen LogP contribution in [-0.2, 0) is 0 Å². The van der Waals surface area contributed by atoms with Gasteiger partial charge in [0.05, 0.1) is 0 Å². The molecule has 2 N–H and O–H groups in total. The third kappa shape index (κ3) is 4.58. The Hall–Kier alpha value is -1.51. The fourth-order valence-corrected chi connectivity index (χ4v) is 2.63. The first-order chi connectivity index (χ1) is 9.25. The van der Waals surface area contributed by atoms with Crippen LogP contribution >= 0.6 is 0 Å². The molecule has 1 unspecified atom stereocenters. The van der Waals surface area contributed by atoms with Gasteiger partial charge in [0.1, 0.15) is 0 Å². The van der Waals surface area contributed by atoms with Gasteiger partial charge in [0.15, 0.2) is 0 Å².